The molecule has 2 heterocycles. The molecular weight excluding hydrogens is 354 g/mol. The molecule has 1 saturated heterocycles. The first kappa shape index (κ1) is 17.6. The van der Waals surface area contributed by atoms with Crippen molar-refractivity contribution in [3.8, 4) is 0 Å². The van der Waals surface area contributed by atoms with E-state index in [1.54, 1.807) is 13.0 Å². The first-order valence-electron chi connectivity index (χ1n) is 7.59. The Kier molecular flexibility index (Phi) is 4.61. The number of carbonyl (C=O) groups excluding carboxylic acids is 1. The standard InChI is InChI=1S/C16H16F2N2O4S/c1-11-13(4-9-24-11)16(21)19-5-7-20(8-6-19)25(22,23)15-10-12(17)2-3-14(15)18/h2-4,9-10H,5-8H2,1H3. The highest BCUT2D eigenvalue weighted by atomic mass is 32.2. The van der Waals surface area contributed by atoms with Crippen LogP contribution >= 0.6 is 0 Å². The summed E-state index contributed by atoms with van der Waals surface area (Å²) >= 11 is 0. The van der Waals surface area contributed by atoms with Gasteiger partial charge in [-0.1, -0.05) is 0 Å². The van der Waals surface area contributed by atoms with Crippen LogP contribution in [-0.4, -0.2) is 49.7 Å². The average Bonchev–Trinajstić information content (AvgIpc) is 3.02. The number of aryl methyl sites for hydroxylation is 1. The van der Waals surface area contributed by atoms with E-state index >= 15 is 0 Å². The van der Waals surface area contributed by atoms with Crippen molar-refractivity contribution in [1.82, 2.24) is 9.21 Å². The zero-order chi connectivity index (χ0) is 18.2. The maximum atomic E-state index is 13.8. The first-order valence-corrected chi connectivity index (χ1v) is 9.03. The van der Waals surface area contributed by atoms with Gasteiger partial charge < -0.3 is 9.32 Å². The molecule has 0 saturated carbocycles. The van der Waals surface area contributed by atoms with E-state index in [9.17, 15) is 22.0 Å². The van der Waals surface area contributed by atoms with Gasteiger partial charge in [-0.05, 0) is 31.2 Å². The Hall–Kier alpha value is -2.26. The van der Waals surface area contributed by atoms with Crippen molar-refractivity contribution in [1.29, 1.82) is 0 Å². The van der Waals surface area contributed by atoms with Crippen molar-refractivity contribution < 1.29 is 26.4 Å². The maximum absolute atomic E-state index is 13.8. The Morgan fingerprint density at radius 3 is 2.40 bits per heavy atom. The summed E-state index contributed by atoms with van der Waals surface area (Å²) in [4.78, 5) is 13.2. The van der Waals surface area contributed by atoms with Crippen LogP contribution in [0, 0.1) is 18.6 Å². The number of halogens is 2. The highest BCUT2D eigenvalue weighted by molar-refractivity contribution is 7.89. The van der Waals surface area contributed by atoms with Gasteiger partial charge in [-0.15, -0.1) is 0 Å². The van der Waals surface area contributed by atoms with Gasteiger partial charge in [0.15, 0.2) is 0 Å². The summed E-state index contributed by atoms with van der Waals surface area (Å²) in [7, 11) is -4.16. The second-order valence-corrected chi connectivity index (χ2v) is 7.57. The molecular formula is C16H16F2N2O4S. The number of furan rings is 1. The van der Waals surface area contributed by atoms with Crippen LogP contribution in [-0.2, 0) is 10.0 Å². The zero-order valence-electron chi connectivity index (χ0n) is 13.4. The van der Waals surface area contributed by atoms with Crippen molar-refractivity contribution in [2.45, 2.75) is 11.8 Å². The molecule has 6 nitrogen and oxygen atoms in total. The second-order valence-electron chi connectivity index (χ2n) is 5.66. The van der Waals surface area contributed by atoms with Gasteiger partial charge in [0.25, 0.3) is 5.91 Å². The minimum Gasteiger partial charge on any atom is -0.469 e. The van der Waals surface area contributed by atoms with Crippen molar-refractivity contribution in [2.75, 3.05) is 26.2 Å². The molecule has 1 aliphatic rings. The Morgan fingerprint density at radius 1 is 1.12 bits per heavy atom. The Balaban J connectivity index is 1.74. The predicted molar refractivity (Wildman–Crippen MR) is 84.5 cm³/mol. The van der Waals surface area contributed by atoms with Gasteiger partial charge >= 0.3 is 0 Å². The molecule has 1 aliphatic heterocycles. The molecule has 2 aromatic rings. The Morgan fingerprint density at radius 2 is 1.80 bits per heavy atom. The maximum Gasteiger partial charge on any atom is 0.257 e. The van der Waals surface area contributed by atoms with Crippen LogP contribution in [0.25, 0.3) is 0 Å². The lowest BCUT2D eigenvalue weighted by molar-refractivity contribution is 0.0696. The highest BCUT2D eigenvalue weighted by Gasteiger charge is 2.33. The summed E-state index contributed by atoms with van der Waals surface area (Å²) in [6, 6.07) is 3.86. The molecule has 0 radical (unpaired) electrons. The van der Waals surface area contributed by atoms with Gasteiger partial charge in [0.05, 0.1) is 11.8 Å². The summed E-state index contributed by atoms with van der Waals surface area (Å²) in [6.07, 6.45) is 1.41. The van der Waals surface area contributed by atoms with E-state index in [2.05, 4.69) is 0 Å². The summed E-state index contributed by atoms with van der Waals surface area (Å²) in [5, 5.41) is 0. The SMILES string of the molecule is Cc1occc1C(=O)N1CCN(S(=O)(=O)c2cc(F)ccc2F)CC1. The van der Waals surface area contributed by atoms with Gasteiger partial charge in [0.2, 0.25) is 10.0 Å². The Labute approximate surface area is 143 Å². The van der Waals surface area contributed by atoms with Crippen molar-refractivity contribution in [2.24, 2.45) is 0 Å². The number of sulfonamides is 1. The van der Waals surface area contributed by atoms with Crippen LogP contribution in [0.1, 0.15) is 16.1 Å². The van der Waals surface area contributed by atoms with Gasteiger partial charge in [-0.3, -0.25) is 4.79 Å². The van der Waals surface area contributed by atoms with Crippen molar-refractivity contribution >= 4 is 15.9 Å². The molecule has 134 valence electrons. The number of hydrogen-bond donors (Lipinski definition) is 0. The second kappa shape index (κ2) is 6.57. The predicted octanol–water partition coefficient (Wildman–Crippen LogP) is 2.01. The highest BCUT2D eigenvalue weighted by Crippen LogP contribution is 2.22. The number of rotatable bonds is 3. The molecule has 9 heteroatoms. The normalized spacial score (nSPS) is 16.2. The lowest BCUT2D eigenvalue weighted by Gasteiger charge is -2.34. The van der Waals surface area contributed by atoms with Crippen molar-refractivity contribution in [3.63, 3.8) is 0 Å². The number of carbonyl (C=O) groups is 1. The van der Waals surface area contributed by atoms with Crippen LogP contribution in [0.4, 0.5) is 8.78 Å². The van der Waals surface area contributed by atoms with E-state index in [1.165, 1.54) is 11.2 Å². The first-order chi connectivity index (χ1) is 11.8. The molecule has 0 spiro atoms. The smallest absolute Gasteiger partial charge is 0.257 e. The summed E-state index contributed by atoms with van der Waals surface area (Å²) in [6.45, 7) is 1.97. The van der Waals surface area contributed by atoms with Crippen LogP contribution in [0.5, 0.6) is 0 Å². The van der Waals surface area contributed by atoms with Gasteiger partial charge in [-0.2, -0.15) is 4.31 Å². The third kappa shape index (κ3) is 3.29. The lowest BCUT2D eigenvalue weighted by atomic mass is 10.2. The summed E-state index contributed by atoms with van der Waals surface area (Å²) < 4.78 is 58.3. The van der Waals surface area contributed by atoms with E-state index < -0.39 is 26.6 Å². The van der Waals surface area contributed by atoms with Crippen LogP contribution in [0.2, 0.25) is 0 Å². The van der Waals surface area contributed by atoms with Crippen LogP contribution in [0.15, 0.2) is 39.8 Å². The molecule has 0 bridgehead atoms. The summed E-state index contributed by atoms with van der Waals surface area (Å²) in [5.74, 6) is -1.60. The molecule has 1 fully saturated rings. The number of nitrogens with zero attached hydrogens (tertiary/aromatic N) is 2. The van der Waals surface area contributed by atoms with Gasteiger partial charge in [0, 0.05) is 26.2 Å². The minimum absolute atomic E-state index is 0.000918. The fourth-order valence-electron chi connectivity index (χ4n) is 2.72. The Bertz CT molecular complexity index is 903. The molecule has 0 N–H and O–H groups in total. The fourth-order valence-corrected chi connectivity index (χ4v) is 4.22. The number of amides is 1. The topological polar surface area (TPSA) is 70.8 Å². The molecule has 0 atom stereocenters. The van der Waals surface area contributed by atoms with Crippen LogP contribution < -0.4 is 0 Å². The van der Waals surface area contributed by atoms with E-state index in [0.717, 1.165) is 16.4 Å². The average molecular weight is 370 g/mol. The van der Waals surface area contributed by atoms with E-state index in [0.29, 0.717) is 17.4 Å². The van der Waals surface area contributed by atoms with Gasteiger partial charge in [-0.25, -0.2) is 17.2 Å². The van der Waals surface area contributed by atoms with E-state index in [1.807, 2.05) is 0 Å². The fraction of sp³-hybridized carbons (Fsp3) is 0.312. The van der Waals surface area contributed by atoms with Crippen molar-refractivity contribution in [3.05, 3.63) is 53.5 Å². The molecule has 1 aromatic heterocycles. The molecule has 3 rings (SSSR count). The molecule has 0 aliphatic carbocycles. The third-order valence-corrected chi connectivity index (χ3v) is 6.04. The van der Waals surface area contributed by atoms with Gasteiger partial charge in [0.1, 0.15) is 22.3 Å². The van der Waals surface area contributed by atoms with Crippen LogP contribution in [0.3, 0.4) is 0 Å². The largest absolute Gasteiger partial charge is 0.469 e. The lowest BCUT2D eigenvalue weighted by Crippen LogP contribution is -2.50. The molecule has 0 unspecified atom stereocenters. The third-order valence-electron chi connectivity index (χ3n) is 4.13. The quantitative estimate of drug-likeness (QED) is 0.829. The minimum atomic E-state index is -4.16. The van der Waals surface area contributed by atoms with E-state index in [-0.39, 0.29) is 32.1 Å². The number of piperazine rings is 1. The zero-order valence-corrected chi connectivity index (χ0v) is 14.2. The monoisotopic (exact) mass is 370 g/mol. The molecule has 25 heavy (non-hydrogen) atoms. The molecule has 1 amide bonds. The van der Waals surface area contributed by atoms with E-state index in [4.69, 9.17) is 4.42 Å². The number of benzene rings is 1. The summed E-state index contributed by atoms with van der Waals surface area (Å²) in [5.41, 5.74) is 0.424. The number of hydrogen-bond acceptors (Lipinski definition) is 4. The molecule has 1 aromatic carbocycles.